The molecule has 0 radical (unpaired) electrons. The van der Waals surface area contributed by atoms with E-state index in [0.717, 1.165) is 128 Å². The highest BCUT2D eigenvalue weighted by molar-refractivity contribution is 5.74. The van der Waals surface area contributed by atoms with Crippen LogP contribution in [0.15, 0.2) is 146 Å². The van der Waals surface area contributed by atoms with Gasteiger partial charge in [-0.15, -0.1) is 0 Å². The Hall–Kier alpha value is -5.40. The maximum atomic E-state index is 13.1. The van der Waals surface area contributed by atoms with Crippen molar-refractivity contribution in [3.8, 4) is 0 Å². The zero-order valence-electron chi connectivity index (χ0n) is 47.1. The summed E-state index contributed by atoms with van der Waals surface area (Å²) in [5, 5.41) is 31.5. The monoisotopic (exact) mass is 1070 g/mol. The van der Waals surface area contributed by atoms with Crippen molar-refractivity contribution >= 4 is 23.9 Å². The van der Waals surface area contributed by atoms with Crippen LogP contribution in [-0.4, -0.2) is 89.2 Å². The van der Waals surface area contributed by atoms with Crippen molar-refractivity contribution in [2.45, 2.75) is 225 Å². The lowest BCUT2D eigenvalue weighted by molar-refractivity contribution is -0.301. The summed E-state index contributed by atoms with van der Waals surface area (Å²) in [5.41, 5.74) is 0. The van der Waals surface area contributed by atoms with Gasteiger partial charge in [-0.25, -0.2) is 4.79 Å². The van der Waals surface area contributed by atoms with Crippen molar-refractivity contribution in [3.63, 3.8) is 0 Å². The molecule has 0 bridgehead atoms. The summed E-state index contributed by atoms with van der Waals surface area (Å²) in [7, 11) is 0. The van der Waals surface area contributed by atoms with Gasteiger partial charge in [0.05, 0.1) is 13.0 Å². The van der Waals surface area contributed by atoms with E-state index in [9.17, 15) is 34.5 Å². The number of aliphatic carboxylic acids is 1. The molecule has 0 aliphatic carbocycles. The highest BCUT2D eigenvalue weighted by atomic mass is 16.7. The summed E-state index contributed by atoms with van der Waals surface area (Å²) < 4.78 is 28.2. The molecule has 0 saturated carbocycles. The van der Waals surface area contributed by atoms with Crippen LogP contribution in [0.4, 0.5) is 0 Å². The molecule has 0 aromatic rings. The van der Waals surface area contributed by atoms with Gasteiger partial charge in [0.25, 0.3) is 0 Å². The molecular formula is C65H98O12. The molecule has 1 heterocycles. The van der Waals surface area contributed by atoms with Crippen LogP contribution in [0.5, 0.6) is 0 Å². The van der Waals surface area contributed by atoms with E-state index >= 15 is 0 Å². The zero-order chi connectivity index (χ0) is 56.1. The van der Waals surface area contributed by atoms with Crippen LogP contribution in [0.2, 0.25) is 0 Å². The van der Waals surface area contributed by atoms with Crippen molar-refractivity contribution in [2.24, 2.45) is 0 Å². The third-order valence-corrected chi connectivity index (χ3v) is 11.9. The first-order valence-electron chi connectivity index (χ1n) is 28.8. The summed E-state index contributed by atoms with van der Waals surface area (Å²) in [6.45, 7) is 5.51. The second-order valence-electron chi connectivity index (χ2n) is 18.8. The number of carbonyl (C=O) groups excluding carboxylic acids is 3. The van der Waals surface area contributed by atoms with Crippen molar-refractivity contribution in [1.29, 1.82) is 0 Å². The lowest BCUT2D eigenvalue weighted by Gasteiger charge is -2.40. The number of aliphatic hydroxyl groups is 2. The Kier molecular flexibility index (Phi) is 46.4. The molecule has 12 heteroatoms. The van der Waals surface area contributed by atoms with Crippen LogP contribution in [0.25, 0.3) is 0 Å². The first-order valence-corrected chi connectivity index (χ1v) is 28.8. The average molecular weight is 1070 g/mol. The van der Waals surface area contributed by atoms with Crippen LogP contribution < -0.4 is 0 Å². The van der Waals surface area contributed by atoms with Crippen LogP contribution in [0.1, 0.15) is 188 Å². The maximum absolute atomic E-state index is 13.1. The van der Waals surface area contributed by atoms with E-state index in [0.29, 0.717) is 19.3 Å². The third kappa shape index (κ3) is 41.4. The van der Waals surface area contributed by atoms with Gasteiger partial charge in [0.1, 0.15) is 18.8 Å². The molecule has 0 aromatic heterocycles. The number of allylic oxidation sites excluding steroid dienone is 23. The van der Waals surface area contributed by atoms with E-state index in [-0.39, 0.29) is 25.9 Å². The highest BCUT2D eigenvalue weighted by Gasteiger charge is 2.50. The van der Waals surface area contributed by atoms with E-state index in [1.54, 1.807) is 6.08 Å². The van der Waals surface area contributed by atoms with Gasteiger partial charge in [0, 0.05) is 12.8 Å². The highest BCUT2D eigenvalue weighted by Crippen LogP contribution is 2.26. The summed E-state index contributed by atoms with van der Waals surface area (Å²) >= 11 is 0. The molecule has 1 aliphatic heterocycles. The van der Waals surface area contributed by atoms with Gasteiger partial charge in [0.15, 0.2) is 24.6 Å². The number of hydrogen-bond donors (Lipinski definition) is 3. The molecular weight excluding hydrogens is 973 g/mol. The molecule has 6 atom stereocenters. The van der Waals surface area contributed by atoms with Crippen LogP contribution in [0.3, 0.4) is 0 Å². The van der Waals surface area contributed by atoms with Gasteiger partial charge in [-0.2, -0.15) is 0 Å². The number of ether oxygens (including phenoxy) is 5. The first-order chi connectivity index (χ1) is 37.6. The summed E-state index contributed by atoms with van der Waals surface area (Å²) in [6.07, 6.45) is 61.3. The standard InChI is InChI=1S/C65H98O12/c1-4-7-10-13-16-19-22-25-28-29-32-33-36-39-42-45-48-51-57(66)73-54-56(75-58(67)52-49-46-43-40-37-34-30-26-23-20-17-14-11-8-5-2)55-74-65-63(61(70)60(69)62(77-65)64(71)72)76-59(68)53-50-47-44-41-38-35-31-27-24-21-18-15-12-9-6-3/h7-12,16-21,25-28,30-33,37,40,46,49,56,60-63,65,69-70H,4-6,13-15,22-24,29,34-36,38-39,41-45,47-48,50-55H2,1-3H3,(H,71,72)/b10-7-,11-8-,12-9-,19-16-,20-17-,21-18-,28-25-,30-26-,31-27-,33-32-,40-37-,49-46-. The second kappa shape index (κ2) is 51.4. The topological polar surface area (TPSA) is 175 Å². The Labute approximate surface area is 463 Å². The minimum atomic E-state index is -1.93. The molecule has 0 aromatic carbocycles. The summed E-state index contributed by atoms with van der Waals surface area (Å²) in [6, 6.07) is 0. The Morgan fingerprint density at radius 2 is 0.818 bits per heavy atom. The molecule has 3 N–H and O–H groups in total. The van der Waals surface area contributed by atoms with Gasteiger partial charge in [0.2, 0.25) is 0 Å². The lowest BCUT2D eigenvalue weighted by Crippen LogP contribution is -2.61. The molecule has 1 aliphatic rings. The van der Waals surface area contributed by atoms with E-state index in [2.05, 4.69) is 142 Å². The second-order valence-corrected chi connectivity index (χ2v) is 18.8. The smallest absolute Gasteiger partial charge is 0.335 e. The quantitative estimate of drug-likeness (QED) is 0.0228. The number of esters is 3. The van der Waals surface area contributed by atoms with Crippen molar-refractivity contribution < 1.29 is 58.2 Å². The number of unbranched alkanes of at least 4 members (excludes halogenated alkanes) is 9. The molecule has 1 rings (SSSR count). The zero-order valence-corrected chi connectivity index (χ0v) is 47.1. The molecule has 0 amide bonds. The summed E-state index contributed by atoms with van der Waals surface area (Å²) in [5.74, 6) is -3.37. The average Bonchev–Trinajstić information content (AvgIpc) is 3.43. The van der Waals surface area contributed by atoms with Crippen molar-refractivity contribution in [1.82, 2.24) is 0 Å². The van der Waals surface area contributed by atoms with Gasteiger partial charge in [-0.1, -0.05) is 199 Å². The predicted octanol–water partition coefficient (Wildman–Crippen LogP) is 14.8. The van der Waals surface area contributed by atoms with Gasteiger partial charge in [-0.3, -0.25) is 14.4 Å². The molecule has 0 spiro atoms. The van der Waals surface area contributed by atoms with Gasteiger partial charge < -0.3 is 39.0 Å². The van der Waals surface area contributed by atoms with E-state index in [4.69, 9.17) is 23.7 Å². The number of aliphatic hydroxyl groups excluding tert-OH is 2. The normalized spacial score (nSPS) is 19.1. The van der Waals surface area contributed by atoms with Crippen LogP contribution >= 0.6 is 0 Å². The Morgan fingerprint density at radius 1 is 0.442 bits per heavy atom. The molecule has 1 saturated heterocycles. The Bertz CT molecular complexity index is 1890. The number of rotatable bonds is 46. The van der Waals surface area contributed by atoms with Crippen LogP contribution in [-0.2, 0) is 42.9 Å². The minimum absolute atomic E-state index is 0.0192. The fraction of sp³-hybridized carbons (Fsp3) is 0.569. The fourth-order valence-corrected chi connectivity index (χ4v) is 7.62. The number of hydrogen-bond acceptors (Lipinski definition) is 11. The molecule has 6 unspecified atom stereocenters. The largest absolute Gasteiger partial charge is 0.479 e. The summed E-state index contributed by atoms with van der Waals surface area (Å²) in [4.78, 5) is 51.0. The van der Waals surface area contributed by atoms with Gasteiger partial charge >= 0.3 is 23.9 Å². The maximum Gasteiger partial charge on any atom is 0.335 e. The molecule has 12 nitrogen and oxygen atoms in total. The van der Waals surface area contributed by atoms with Gasteiger partial charge in [-0.05, 0) is 116 Å². The predicted molar refractivity (Wildman–Crippen MR) is 312 cm³/mol. The molecule has 77 heavy (non-hydrogen) atoms. The SMILES string of the molecule is CC/C=C\C/C=C\C/C=C\C/C=C\C/C=C\CC(=O)OC(COC(=O)CCCCCC/C=C\C/C=C\C/C=C\C/C=C\CC)COC1OC(C(=O)O)C(O)C(O)C1OC(=O)CCCCCCC/C=C\C/C=C\C/C=C\CC. The Morgan fingerprint density at radius 3 is 1.25 bits per heavy atom. The van der Waals surface area contributed by atoms with Crippen molar-refractivity contribution in [2.75, 3.05) is 13.2 Å². The van der Waals surface area contributed by atoms with Crippen LogP contribution in [0, 0.1) is 0 Å². The third-order valence-electron chi connectivity index (χ3n) is 11.9. The minimum Gasteiger partial charge on any atom is -0.479 e. The molecule has 430 valence electrons. The van der Waals surface area contributed by atoms with E-state index in [1.807, 2.05) is 18.2 Å². The molecule has 1 fully saturated rings. The van der Waals surface area contributed by atoms with E-state index in [1.165, 1.54) is 0 Å². The first kappa shape index (κ1) is 69.6. The number of carbonyl (C=O) groups is 4. The Balaban J connectivity index is 2.79. The number of carboxylic acid groups (broad SMARTS) is 1. The number of carboxylic acids is 1. The lowest BCUT2D eigenvalue weighted by atomic mass is 9.98. The fourth-order valence-electron chi connectivity index (χ4n) is 7.62. The van der Waals surface area contributed by atoms with Crippen molar-refractivity contribution in [3.05, 3.63) is 146 Å². The van der Waals surface area contributed by atoms with E-state index < -0.39 is 67.3 Å².